The standard InChI is InChI=1S/C20H17N3O4/c1-13-8-17-18(27-12-26-17)9-15(13)10-22-23-19(24)11-25-16-6-2-4-14-5-3-7-21-20(14)16/h2-10H,11-12H2,1H3,(H,23,24)/b22-10+. The van der Waals surface area contributed by atoms with E-state index < -0.39 is 0 Å². The van der Waals surface area contributed by atoms with E-state index in [0.29, 0.717) is 22.8 Å². The predicted octanol–water partition coefficient (Wildman–Crippen LogP) is 2.80. The van der Waals surface area contributed by atoms with E-state index in [9.17, 15) is 4.79 Å². The van der Waals surface area contributed by atoms with Gasteiger partial charge in [0.2, 0.25) is 6.79 Å². The van der Waals surface area contributed by atoms with Gasteiger partial charge in [0.1, 0.15) is 11.3 Å². The lowest BCUT2D eigenvalue weighted by atomic mass is 10.1. The van der Waals surface area contributed by atoms with Crippen molar-refractivity contribution in [2.75, 3.05) is 13.4 Å². The van der Waals surface area contributed by atoms with Crippen LogP contribution in [-0.4, -0.2) is 30.5 Å². The first-order valence-electron chi connectivity index (χ1n) is 8.39. The summed E-state index contributed by atoms with van der Waals surface area (Å²) in [5, 5.41) is 4.94. The highest BCUT2D eigenvalue weighted by Gasteiger charge is 2.14. The summed E-state index contributed by atoms with van der Waals surface area (Å²) >= 11 is 0. The van der Waals surface area contributed by atoms with Crippen molar-refractivity contribution < 1.29 is 19.0 Å². The summed E-state index contributed by atoms with van der Waals surface area (Å²) < 4.78 is 16.3. The maximum atomic E-state index is 12.0. The van der Waals surface area contributed by atoms with Crippen molar-refractivity contribution in [2.24, 2.45) is 5.10 Å². The van der Waals surface area contributed by atoms with E-state index in [-0.39, 0.29) is 19.3 Å². The van der Waals surface area contributed by atoms with Crippen molar-refractivity contribution >= 4 is 23.0 Å². The third kappa shape index (κ3) is 3.67. The zero-order valence-electron chi connectivity index (χ0n) is 14.6. The Morgan fingerprint density at radius 3 is 2.96 bits per heavy atom. The van der Waals surface area contributed by atoms with Crippen molar-refractivity contribution in [1.82, 2.24) is 10.4 Å². The second-order valence-electron chi connectivity index (χ2n) is 5.98. The molecule has 0 bridgehead atoms. The van der Waals surface area contributed by atoms with Crippen LogP contribution in [0, 0.1) is 6.92 Å². The van der Waals surface area contributed by atoms with Gasteiger partial charge in [-0.15, -0.1) is 0 Å². The average Bonchev–Trinajstić information content (AvgIpc) is 3.13. The van der Waals surface area contributed by atoms with Crippen LogP contribution in [0.2, 0.25) is 0 Å². The van der Waals surface area contributed by atoms with Crippen LogP contribution >= 0.6 is 0 Å². The van der Waals surface area contributed by atoms with E-state index >= 15 is 0 Å². The fraction of sp³-hybridized carbons (Fsp3) is 0.150. The van der Waals surface area contributed by atoms with Crippen LogP contribution in [0.25, 0.3) is 10.9 Å². The summed E-state index contributed by atoms with van der Waals surface area (Å²) in [6, 6.07) is 13.1. The molecule has 1 N–H and O–H groups in total. The van der Waals surface area contributed by atoms with Gasteiger partial charge < -0.3 is 14.2 Å². The van der Waals surface area contributed by atoms with E-state index in [0.717, 1.165) is 16.5 Å². The summed E-state index contributed by atoms with van der Waals surface area (Å²) in [7, 11) is 0. The van der Waals surface area contributed by atoms with Gasteiger partial charge in [0.15, 0.2) is 18.1 Å². The number of para-hydroxylation sites is 1. The summed E-state index contributed by atoms with van der Waals surface area (Å²) in [5.74, 6) is 1.57. The molecule has 4 rings (SSSR count). The number of rotatable bonds is 5. The quantitative estimate of drug-likeness (QED) is 0.557. The summed E-state index contributed by atoms with van der Waals surface area (Å²) in [6.45, 7) is 1.99. The van der Waals surface area contributed by atoms with Crippen LogP contribution in [0.1, 0.15) is 11.1 Å². The number of benzene rings is 2. The highest BCUT2D eigenvalue weighted by Crippen LogP contribution is 2.34. The van der Waals surface area contributed by atoms with Gasteiger partial charge in [-0.2, -0.15) is 5.10 Å². The molecule has 7 nitrogen and oxygen atoms in total. The molecule has 0 fully saturated rings. The molecular weight excluding hydrogens is 346 g/mol. The molecule has 0 unspecified atom stereocenters. The van der Waals surface area contributed by atoms with E-state index in [1.165, 1.54) is 0 Å². The van der Waals surface area contributed by atoms with Gasteiger partial charge in [-0.3, -0.25) is 9.78 Å². The molecule has 1 aliphatic heterocycles. The predicted molar refractivity (Wildman–Crippen MR) is 100 cm³/mol. The molecule has 0 radical (unpaired) electrons. The van der Waals surface area contributed by atoms with Crippen LogP contribution in [0.5, 0.6) is 17.2 Å². The van der Waals surface area contributed by atoms with Crippen molar-refractivity contribution in [3.05, 3.63) is 59.8 Å². The Morgan fingerprint density at radius 1 is 1.26 bits per heavy atom. The lowest BCUT2D eigenvalue weighted by Crippen LogP contribution is -2.24. The van der Waals surface area contributed by atoms with E-state index in [1.54, 1.807) is 18.5 Å². The minimum absolute atomic E-state index is 0.160. The Kier molecular flexibility index (Phi) is 4.57. The molecule has 2 heterocycles. The van der Waals surface area contributed by atoms with Gasteiger partial charge in [-0.25, -0.2) is 5.43 Å². The molecule has 0 aliphatic carbocycles. The lowest BCUT2D eigenvalue weighted by Gasteiger charge is -2.07. The lowest BCUT2D eigenvalue weighted by molar-refractivity contribution is -0.123. The first kappa shape index (κ1) is 16.8. The maximum absolute atomic E-state index is 12.0. The molecule has 1 aromatic heterocycles. The molecule has 0 saturated heterocycles. The van der Waals surface area contributed by atoms with Gasteiger partial charge in [0, 0.05) is 17.1 Å². The molecule has 1 aliphatic rings. The molecule has 2 aromatic carbocycles. The van der Waals surface area contributed by atoms with Crippen LogP contribution in [-0.2, 0) is 4.79 Å². The summed E-state index contributed by atoms with van der Waals surface area (Å²) in [5.41, 5.74) is 4.97. The molecule has 0 spiro atoms. The Morgan fingerprint density at radius 2 is 2.07 bits per heavy atom. The third-order valence-corrected chi connectivity index (χ3v) is 4.11. The SMILES string of the molecule is Cc1cc2c(cc1/C=N/NC(=O)COc1cccc3cccnc13)OCO2. The first-order chi connectivity index (χ1) is 13.2. The van der Waals surface area contributed by atoms with Crippen molar-refractivity contribution in [3.63, 3.8) is 0 Å². The first-order valence-corrected chi connectivity index (χ1v) is 8.39. The van der Waals surface area contributed by atoms with E-state index in [2.05, 4.69) is 15.5 Å². The van der Waals surface area contributed by atoms with Crippen molar-refractivity contribution in [1.29, 1.82) is 0 Å². The number of aromatic nitrogens is 1. The minimum Gasteiger partial charge on any atom is -0.481 e. The largest absolute Gasteiger partial charge is 0.481 e. The van der Waals surface area contributed by atoms with Crippen molar-refractivity contribution in [3.8, 4) is 17.2 Å². The van der Waals surface area contributed by atoms with Crippen LogP contribution in [0.3, 0.4) is 0 Å². The molecular formula is C20H17N3O4. The van der Waals surface area contributed by atoms with E-state index in [4.69, 9.17) is 14.2 Å². The topological polar surface area (TPSA) is 82.0 Å². The number of aryl methyl sites for hydroxylation is 1. The number of fused-ring (bicyclic) bond motifs is 2. The number of amides is 1. The summed E-state index contributed by atoms with van der Waals surface area (Å²) in [6.07, 6.45) is 3.25. The zero-order valence-corrected chi connectivity index (χ0v) is 14.6. The zero-order chi connectivity index (χ0) is 18.6. The smallest absolute Gasteiger partial charge is 0.277 e. The number of carbonyl (C=O) groups excluding carboxylic acids is 1. The molecule has 136 valence electrons. The van der Waals surface area contributed by atoms with Crippen LogP contribution in [0.15, 0.2) is 53.8 Å². The number of nitrogens with zero attached hydrogens (tertiary/aromatic N) is 2. The number of hydrazone groups is 1. The minimum atomic E-state index is -0.363. The Bertz CT molecular complexity index is 1030. The Hall–Kier alpha value is -3.61. The van der Waals surface area contributed by atoms with Gasteiger partial charge in [-0.05, 0) is 36.8 Å². The highest BCUT2D eigenvalue weighted by atomic mass is 16.7. The normalized spacial score (nSPS) is 12.5. The second-order valence-corrected chi connectivity index (χ2v) is 5.98. The van der Waals surface area contributed by atoms with Gasteiger partial charge in [0.25, 0.3) is 5.91 Å². The third-order valence-electron chi connectivity index (χ3n) is 4.11. The van der Waals surface area contributed by atoms with Gasteiger partial charge in [0.05, 0.1) is 6.21 Å². The van der Waals surface area contributed by atoms with E-state index in [1.807, 2.05) is 43.3 Å². The summed E-state index contributed by atoms with van der Waals surface area (Å²) in [4.78, 5) is 16.3. The van der Waals surface area contributed by atoms with Crippen LogP contribution < -0.4 is 19.6 Å². The molecule has 27 heavy (non-hydrogen) atoms. The molecule has 1 amide bonds. The maximum Gasteiger partial charge on any atom is 0.277 e. The van der Waals surface area contributed by atoms with Crippen molar-refractivity contribution in [2.45, 2.75) is 6.92 Å². The number of hydrogen-bond donors (Lipinski definition) is 1. The van der Waals surface area contributed by atoms with Crippen LogP contribution in [0.4, 0.5) is 0 Å². The molecule has 7 heteroatoms. The monoisotopic (exact) mass is 363 g/mol. The second kappa shape index (κ2) is 7.33. The Labute approximate surface area is 155 Å². The fourth-order valence-electron chi connectivity index (χ4n) is 2.74. The number of pyridine rings is 1. The Balaban J connectivity index is 1.37. The number of carbonyl (C=O) groups is 1. The molecule has 0 saturated carbocycles. The fourth-order valence-corrected chi connectivity index (χ4v) is 2.74. The van der Waals surface area contributed by atoms with Gasteiger partial charge >= 0.3 is 0 Å². The molecule has 0 atom stereocenters. The number of nitrogens with one attached hydrogen (secondary N) is 1. The number of ether oxygens (including phenoxy) is 3. The van der Waals surface area contributed by atoms with Gasteiger partial charge in [-0.1, -0.05) is 18.2 Å². The number of hydrogen-bond acceptors (Lipinski definition) is 6. The molecule has 3 aromatic rings. The average molecular weight is 363 g/mol. The highest BCUT2D eigenvalue weighted by molar-refractivity contribution is 5.86.